The molecule has 0 aromatic heterocycles. The van der Waals surface area contributed by atoms with Gasteiger partial charge in [-0.25, -0.2) is 0 Å². The number of anilines is 1. The smallest absolute Gasteiger partial charge is 0.270 e. The van der Waals surface area contributed by atoms with E-state index in [0.717, 1.165) is 5.75 Å². The Kier molecular flexibility index (Phi) is 5.44. The number of nitrogens with zero attached hydrogens (tertiary/aromatic N) is 1. The van der Waals surface area contributed by atoms with Crippen molar-refractivity contribution in [2.75, 3.05) is 30.9 Å². The van der Waals surface area contributed by atoms with E-state index in [0.29, 0.717) is 12.2 Å². The van der Waals surface area contributed by atoms with E-state index in [-0.39, 0.29) is 17.2 Å². The van der Waals surface area contributed by atoms with Crippen molar-refractivity contribution in [3.05, 3.63) is 33.9 Å². The lowest BCUT2D eigenvalue weighted by Gasteiger charge is -2.09. The van der Waals surface area contributed by atoms with Crippen molar-refractivity contribution < 1.29 is 9.72 Å². The predicted octanol–water partition coefficient (Wildman–Crippen LogP) is 1.73. The SMILES string of the molecule is CNc1ccc([N+](=O)[O-])cc1C(=O)NCCSC. The first-order valence-corrected chi connectivity index (χ1v) is 6.73. The van der Waals surface area contributed by atoms with Gasteiger partial charge in [0.05, 0.1) is 10.5 Å². The number of benzene rings is 1. The molecule has 0 saturated carbocycles. The Hall–Kier alpha value is -1.76. The van der Waals surface area contributed by atoms with Gasteiger partial charge in [-0.05, 0) is 12.3 Å². The zero-order valence-electron chi connectivity index (χ0n) is 10.2. The molecule has 1 amide bonds. The van der Waals surface area contributed by atoms with Crippen molar-refractivity contribution in [2.45, 2.75) is 0 Å². The molecular formula is C11H15N3O3S. The summed E-state index contributed by atoms with van der Waals surface area (Å²) >= 11 is 1.62. The molecule has 1 rings (SSSR count). The van der Waals surface area contributed by atoms with Gasteiger partial charge in [0.1, 0.15) is 0 Å². The molecule has 0 bridgehead atoms. The summed E-state index contributed by atoms with van der Waals surface area (Å²) in [5.41, 5.74) is 0.763. The summed E-state index contributed by atoms with van der Waals surface area (Å²) in [4.78, 5) is 22.1. The van der Waals surface area contributed by atoms with E-state index in [1.807, 2.05) is 6.26 Å². The van der Waals surface area contributed by atoms with Crippen LogP contribution >= 0.6 is 11.8 Å². The summed E-state index contributed by atoms with van der Waals surface area (Å²) in [6.07, 6.45) is 1.94. The summed E-state index contributed by atoms with van der Waals surface area (Å²) in [7, 11) is 1.67. The number of hydrogen-bond donors (Lipinski definition) is 2. The van der Waals surface area contributed by atoms with Crippen LogP contribution in [0.1, 0.15) is 10.4 Å². The quantitative estimate of drug-likeness (QED) is 0.467. The number of hydrogen-bond acceptors (Lipinski definition) is 5. The van der Waals surface area contributed by atoms with Crippen molar-refractivity contribution in [1.82, 2.24) is 5.32 Å². The van der Waals surface area contributed by atoms with Gasteiger partial charge in [0.15, 0.2) is 0 Å². The zero-order valence-corrected chi connectivity index (χ0v) is 11.0. The molecule has 0 aliphatic heterocycles. The molecule has 1 aromatic carbocycles. The Balaban J connectivity index is 2.93. The number of carbonyl (C=O) groups is 1. The Morgan fingerprint density at radius 1 is 1.50 bits per heavy atom. The minimum atomic E-state index is -0.516. The molecular weight excluding hydrogens is 254 g/mol. The van der Waals surface area contributed by atoms with Crippen molar-refractivity contribution in [1.29, 1.82) is 0 Å². The van der Waals surface area contributed by atoms with Crippen LogP contribution in [0.2, 0.25) is 0 Å². The lowest BCUT2D eigenvalue weighted by molar-refractivity contribution is -0.384. The van der Waals surface area contributed by atoms with Crippen LogP contribution in [-0.4, -0.2) is 36.4 Å². The third kappa shape index (κ3) is 3.63. The van der Waals surface area contributed by atoms with Gasteiger partial charge in [-0.2, -0.15) is 11.8 Å². The number of nitro groups is 1. The lowest BCUT2D eigenvalue weighted by atomic mass is 10.1. The molecule has 0 aliphatic carbocycles. The fourth-order valence-corrected chi connectivity index (χ4v) is 1.72. The van der Waals surface area contributed by atoms with E-state index in [2.05, 4.69) is 10.6 Å². The Bertz CT molecular complexity index is 451. The Labute approximate surface area is 109 Å². The number of rotatable bonds is 6. The van der Waals surface area contributed by atoms with E-state index in [1.165, 1.54) is 18.2 Å². The molecule has 98 valence electrons. The number of nitrogens with one attached hydrogen (secondary N) is 2. The normalized spacial score (nSPS) is 9.89. The summed E-state index contributed by atoms with van der Waals surface area (Å²) in [5.74, 6) is 0.493. The van der Waals surface area contributed by atoms with Crippen molar-refractivity contribution >= 4 is 29.0 Å². The molecule has 2 N–H and O–H groups in total. The Morgan fingerprint density at radius 2 is 2.22 bits per heavy atom. The molecule has 0 atom stereocenters. The molecule has 1 aromatic rings. The Morgan fingerprint density at radius 3 is 2.78 bits per heavy atom. The van der Waals surface area contributed by atoms with E-state index in [9.17, 15) is 14.9 Å². The van der Waals surface area contributed by atoms with Gasteiger partial charge in [-0.3, -0.25) is 14.9 Å². The summed E-state index contributed by atoms with van der Waals surface area (Å²) in [6, 6.07) is 4.17. The molecule has 6 nitrogen and oxygen atoms in total. The molecule has 7 heteroatoms. The van der Waals surface area contributed by atoms with Gasteiger partial charge in [0.25, 0.3) is 11.6 Å². The monoisotopic (exact) mass is 269 g/mol. The topological polar surface area (TPSA) is 84.3 Å². The van der Waals surface area contributed by atoms with Crippen LogP contribution in [0.3, 0.4) is 0 Å². The predicted molar refractivity (Wildman–Crippen MR) is 73.4 cm³/mol. The molecule has 18 heavy (non-hydrogen) atoms. The highest BCUT2D eigenvalue weighted by molar-refractivity contribution is 7.98. The van der Waals surface area contributed by atoms with E-state index < -0.39 is 4.92 Å². The average molecular weight is 269 g/mol. The molecule has 0 radical (unpaired) electrons. The first-order chi connectivity index (χ1) is 8.60. The van der Waals surface area contributed by atoms with Crippen molar-refractivity contribution in [3.8, 4) is 0 Å². The minimum Gasteiger partial charge on any atom is -0.387 e. The fraction of sp³-hybridized carbons (Fsp3) is 0.364. The van der Waals surface area contributed by atoms with Crippen LogP contribution in [0.15, 0.2) is 18.2 Å². The van der Waals surface area contributed by atoms with Crippen molar-refractivity contribution in [3.63, 3.8) is 0 Å². The maximum Gasteiger partial charge on any atom is 0.270 e. The number of thioether (sulfide) groups is 1. The molecule has 0 saturated heterocycles. The van der Waals surface area contributed by atoms with Crippen LogP contribution in [0, 0.1) is 10.1 Å². The number of non-ortho nitro benzene ring substituents is 1. The molecule has 0 aliphatic rings. The highest BCUT2D eigenvalue weighted by Crippen LogP contribution is 2.21. The highest BCUT2D eigenvalue weighted by atomic mass is 32.2. The summed E-state index contributed by atoms with van der Waals surface area (Å²) in [6.45, 7) is 0.534. The highest BCUT2D eigenvalue weighted by Gasteiger charge is 2.15. The van der Waals surface area contributed by atoms with Crippen molar-refractivity contribution in [2.24, 2.45) is 0 Å². The van der Waals surface area contributed by atoms with Gasteiger partial charge in [0, 0.05) is 37.2 Å². The second kappa shape index (κ2) is 6.85. The standard InChI is InChI=1S/C11H15N3O3S/c1-12-10-4-3-8(14(16)17)7-9(10)11(15)13-5-6-18-2/h3-4,7,12H,5-6H2,1-2H3,(H,13,15). The van der Waals surface area contributed by atoms with Crippen LogP contribution < -0.4 is 10.6 Å². The summed E-state index contributed by atoms with van der Waals surface area (Å²) in [5, 5.41) is 16.2. The minimum absolute atomic E-state index is 0.0935. The number of carbonyl (C=O) groups excluding carboxylic acids is 1. The second-order valence-electron chi connectivity index (χ2n) is 3.49. The third-order valence-electron chi connectivity index (χ3n) is 2.32. The second-order valence-corrected chi connectivity index (χ2v) is 4.47. The van der Waals surface area contributed by atoms with E-state index >= 15 is 0 Å². The van der Waals surface area contributed by atoms with Gasteiger partial charge in [-0.15, -0.1) is 0 Å². The van der Waals surface area contributed by atoms with E-state index in [1.54, 1.807) is 18.8 Å². The maximum atomic E-state index is 11.9. The molecule has 0 heterocycles. The first-order valence-electron chi connectivity index (χ1n) is 5.33. The average Bonchev–Trinajstić information content (AvgIpc) is 2.38. The maximum absolute atomic E-state index is 11.9. The van der Waals surface area contributed by atoms with Gasteiger partial charge in [0.2, 0.25) is 0 Å². The third-order valence-corrected chi connectivity index (χ3v) is 2.93. The van der Waals surface area contributed by atoms with Crippen LogP contribution in [0.4, 0.5) is 11.4 Å². The van der Waals surface area contributed by atoms with Gasteiger partial charge in [-0.1, -0.05) is 0 Å². The largest absolute Gasteiger partial charge is 0.387 e. The van der Waals surface area contributed by atoms with Crippen LogP contribution in [0.5, 0.6) is 0 Å². The zero-order chi connectivity index (χ0) is 13.5. The number of nitro benzene ring substituents is 1. The van der Waals surface area contributed by atoms with Gasteiger partial charge >= 0.3 is 0 Å². The van der Waals surface area contributed by atoms with Crippen LogP contribution in [-0.2, 0) is 0 Å². The molecule has 0 fully saturated rings. The number of amides is 1. The molecule has 0 spiro atoms. The lowest BCUT2D eigenvalue weighted by Crippen LogP contribution is -2.26. The summed E-state index contributed by atoms with van der Waals surface area (Å²) < 4.78 is 0. The molecule has 0 unspecified atom stereocenters. The van der Waals surface area contributed by atoms with Crippen LogP contribution in [0.25, 0.3) is 0 Å². The van der Waals surface area contributed by atoms with Gasteiger partial charge < -0.3 is 10.6 Å². The fourth-order valence-electron chi connectivity index (χ4n) is 1.41. The van der Waals surface area contributed by atoms with E-state index in [4.69, 9.17) is 0 Å². The first kappa shape index (κ1) is 14.3.